The van der Waals surface area contributed by atoms with Crippen LogP contribution in [0.2, 0.25) is 0 Å². The fourth-order valence-corrected chi connectivity index (χ4v) is 3.81. The van der Waals surface area contributed by atoms with Gasteiger partial charge in [-0.2, -0.15) is 5.26 Å². The first-order valence-corrected chi connectivity index (χ1v) is 11.7. The Labute approximate surface area is 191 Å². The molecule has 7 nitrogen and oxygen atoms in total. The van der Waals surface area contributed by atoms with Gasteiger partial charge in [0.25, 0.3) is 0 Å². The summed E-state index contributed by atoms with van der Waals surface area (Å²) in [5.41, 5.74) is 2.64. The zero-order valence-corrected chi connectivity index (χ0v) is 19.0. The molecule has 0 bridgehead atoms. The lowest BCUT2D eigenvalue weighted by Gasteiger charge is -2.10. The quantitative estimate of drug-likeness (QED) is 0.254. The van der Waals surface area contributed by atoms with E-state index in [1.807, 2.05) is 24.5 Å². The second kappa shape index (κ2) is 10.9. The smallest absolute Gasteiger partial charge is 0.340 e. The minimum absolute atomic E-state index is 0.0532. The predicted molar refractivity (Wildman–Crippen MR) is 121 cm³/mol. The summed E-state index contributed by atoms with van der Waals surface area (Å²) in [6.45, 7) is 1.68. The maximum absolute atomic E-state index is 12.7. The number of Topliss-reactive ketones (excluding diaryl/α,β-unsaturated/α-hetero) is 1. The van der Waals surface area contributed by atoms with Crippen LogP contribution in [0.3, 0.4) is 0 Å². The molecule has 0 saturated heterocycles. The van der Waals surface area contributed by atoms with Crippen LogP contribution in [0.5, 0.6) is 0 Å². The first-order chi connectivity index (χ1) is 15.4. The summed E-state index contributed by atoms with van der Waals surface area (Å²) in [4.78, 5) is 40.5. The number of carbonyl (C=O) groups excluding carboxylic acids is 3. The average molecular weight is 452 g/mol. The van der Waals surface area contributed by atoms with Gasteiger partial charge in [-0.05, 0) is 43.6 Å². The number of carbonyl (C=O) groups is 3. The number of hydrogen-bond donors (Lipinski definition) is 1. The highest BCUT2D eigenvalue weighted by Crippen LogP contribution is 2.40. The molecule has 1 N–H and O–H groups in total. The van der Waals surface area contributed by atoms with E-state index in [2.05, 4.69) is 10.3 Å². The Hall–Kier alpha value is -3.18. The molecule has 1 aliphatic carbocycles. The summed E-state index contributed by atoms with van der Waals surface area (Å²) in [6, 6.07) is 10.8. The summed E-state index contributed by atoms with van der Waals surface area (Å²) in [7, 11) is 0. The first kappa shape index (κ1) is 23.5. The van der Waals surface area contributed by atoms with Crippen molar-refractivity contribution in [2.75, 3.05) is 19.4 Å². The number of rotatable bonds is 10. The molecule has 0 unspecified atom stereocenters. The highest BCUT2D eigenvalue weighted by Gasteiger charge is 2.29. The molecule has 3 rings (SSSR count). The van der Waals surface area contributed by atoms with Crippen molar-refractivity contribution in [1.29, 1.82) is 5.26 Å². The summed E-state index contributed by atoms with van der Waals surface area (Å²) in [6.07, 6.45) is 5.43. The number of aromatic nitrogens is 1. The number of ketones is 1. The van der Waals surface area contributed by atoms with Gasteiger partial charge < -0.3 is 10.1 Å². The maximum atomic E-state index is 12.7. The fourth-order valence-electron chi connectivity index (χ4n) is 3.25. The standard InChI is InChI=1S/C24H25N3O4S/c1-15(28)26-11-3-4-16-5-7-18(8-6-16)22(29)14-31-24(30)19-12-21(17-9-10-17)27-23(32-2)20(19)13-25/h5-8,12,17H,3-4,9-11,14H2,1-2H3,(H,26,28). The van der Waals surface area contributed by atoms with E-state index in [-0.39, 0.29) is 22.8 Å². The number of benzene rings is 1. The Morgan fingerprint density at radius 2 is 1.97 bits per heavy atom. The van der Waals surface area contributed by atoms with Crippen LogP contribution in [0.1, 0.15) is 69.6 Å². The highest BCUT2D eigenvalue weighted by molar-refractivity contribution is 7.98. The van der Waals surface area contributed by atoms with Gasteiger partial charge in [-0.3, -0.25) is 9.59 Å². The fraction of sp³-hybridized carbons (Fsp3) is 0.375. The molecule has 8 heteroatoms. The van der Waals surface area contributed by atoms with Gasteiger partial charge in [0.15, 0.2) is 12.4 Å². The molecule has 166 valence electrons. The second-order valence-corrected chi connectivity index (χ2v) is 8.44. The Bertz CT molecular complexity index is 1060. The van der Waals surface area contributed by atoms with Crippen molar-refractivity contribution in [2.24, 2.45) is 0 Å². The maximum Gasteiger partial charge on any atom is 0.340 e. The Morgan fingerprint density at radius 3 is 2.56 bits per heavy atom. The molecule has 0 atom stereocenters. The predicted octanol–water partition coefficient (Wildman–Crippen LogP) is 3.66. The third kappa shape index (κ3) is 6.17. The number of aryl methyl sites for hydroxylation is 1. The molecular weight excluding hydrogens is 426 g/mol. The van der Waals surface area contributed by atoms with Gasteiger partial charge in [0.2, 0.25) is 5.91 Å². The Morgan fingerprint density at radius 1 is 1.25 bits per heavy atom. The lowest BCUT2D eigenvalue weighted by atomic mass is 10.1. The number of nitrogens with zero attached hydrogens (tertiary/aromatic N) is 2. The van der Waals surface area contributed by atoms with E-state index in [1.54, 1.807) is 18.2 Å². The number of thioether (sulfide) groups is 1. The third-order valence-electron chi connectivity index (χ3n) is 5.15. The zero-order valence-electron chi connectivity index (χ0n) is 18.1. The van der Waals surface area contributed by atoms with Crippen LogP contribution in [0.15, 0.2) is 35.4 Å². The molecule has 1 saturated carbocycles. The van der Waals surface area contributed by atoms with Crippen molar-refractivity contribution in [3.05, 3.63) is 58.3 Å². The van der Waals surface area contributed by atoms with Crippen molar-refractivity contribution in [3.8, 4) is 6.07 Å². The van der Waals surface area contributed by atoms with Crippen LogP contribution in [0.25, 0.3) is 0 Å². The van der Waals surface area contributed by atoms with Crippen LogP contribution in [-0.4, -0.2) is 42.1 Å². The largest absolute Gasteiger partial charge is 0.454 e. The average Bonchev–Trinajstić information content (AvgIpc) is 3.65. The van der Waals surface area contributed by atoms with Crippen molar-refractivity contribution in [3.63, 3.8) is 0 Å². The Kier molecular flexibility index (Phi) is 8.01. The molecule has 32 heavy (non-hydrogen) atoms. The monoisotopic (exact) mass is 451 g/mol. The van der Waals surface area contributed by atoms with Crippen molar-refractivity contribution in [2.45, 2.75) is 43.6 Å². The summed E-state index contributed by atoms with van der Waals surface area (Å²) < 4.78 is 5.26. The van der Waals surface area contributed by atoms with Crippen molar-refractivity contribution >= 4 is 29.4 Å². The van der Waals surface area contributed by atoms with Crippen LogP contribution >= 0.6 is 11.8 Å². The number of nitriles is 1. The van der Waals surface area contributed by atoms with Crippen LogP contribution < -0.4 is 5.32 Å². The lowest BCUT2D eigenvalue weighted by Crippen LogP contribution is -2.21. The van der Waals surface area contributed by atoms with E-state index >= 15 is 0 Å². The number of ether oxygens (including phenoxy) is 1. The molecular formula is C24H25N3O4S. The molecule has 1 aromatic carbocycles. The zero-order chi connectivity index (χ0) is 23.1. The summed E-state index contributed by atoms with van der Waals surface area (Å²) >= 11 is 1.31. The second-order valence-electron chi connectivity index (χ2n) is 7.65. The van der Waals surface area contributed by atoms with E-state index in [0.717, 1.165) is 36.9 Å². The minimum atomic E-state index is -0.691. The van der Waals surface area contributed by atoms with Crippen molar-refractivity contribution < 1.29 is 19.1 Å². The van der Waals surface area contributed by atoms with Crippen molar-refractivity contribution in [1.82, 2.24) is 10.3 Å². The highest BCUT2D eigenvalue weighted by atomic mass is 32.2. The van der Waals surface area contributed by atoms with Crippen LogP contribution in [0, 0.1) is 11.3 Å². The number of esters is 1. The van der Waals surface area contributed by atoms with E-state index in [0.29, 0.717) is 23.1 Å². The minimum Gasteiger partial charge on any atom is -0.454 e. The molecule has 0 radical (unpaired) electrons. The van der Waals surface area contributed by atoms with Gasteiger partial charge in [0, 0.05) is 30.6 Å². The van der Waals surface area contributed by atoms with Gasteiger partial charge in [0.05, 0.1) is 11.1 Å². The summed E-state index contributed by atoms with van der Waals surface area (Å²) in [5.74, 6) is -0.742. The van der Waals surface area contributed by atoms with Gasteiger partial charge in [-0.25, -0.2) is 9.78 Å². The first-order valence-electron chi connectivity index (χ1n) is 10.5. The number of pyridine rings is 1. The van der Waals surface area contributed by atoms with Gasteiger partial charge in [-0.1, -0.05) is 24.3 Å². The molecule has 1 fully saturated rings. The van der Waals surface area contributed by atoms with E-state index < -0.39 is 12.6 Å². The topological polar surface area (TPSA) is 109 Å². The van der Waals surface area contributed by atoms with Crippen LogP contribution in [0.4, 0.5) is 0 Å². The van der Waals surface area contributed by atoms with E-state index in [9.17, 15) is 19.6 Å². The molecule has 1 aromatic heterocycles. The Balaban J connectivity index is 1.60. The molecule has 1 amide bonds. The number of nitrogens with one attached hydrogen (secondary N) is 1. The van der Waals surface area contributed by atoms with Gasteiger partial charge >= 0.3 is 5.97 Å². The molecule has 2 aromatic rings. The molecule has 0 aliphatic heterocycles. The molecule has 1 aliphatic rings. The third-order valence-corrected chi connectivity index (χ3v) is 5.84. The lowest BCUT2D eigenvalue weighted by molar-refractivity contribution is -0.118. The van der Waals surface area contributed by atoms with Gasteiger partial charge in [-0.15, -0.1) is 11.8 Å². The molecule has 0 spiro atoms. The van der Waals surface area contributed by atoms with E-state index in [1.165, 1.54) is 18.7 Å². The SMILES string of the molecule is CSc1nc(C2CC2)cc(C(=O)OCC(=O)c2ccc(CCCNC(C)=O)cc2)c1C#N. The normalized spacial score (nSPS) is 12.7. The number of amides is 1. The number of hydrogen-bond acceptors (Lipinski definition) is 7. The summed E-state index contributed by atoms with van der Waals surface area (Å²) in [5, 5.41) is 12.8. The van der Waals surface area contributed by atoms with Gasteiger partial charge in [0.1, 0.15) is 11.1 Å². The van der Waals surface area contributed by atoms with Crippen LogP contribution in [-0.2, 0) is 16.0 Å². The van der Waals surface area contributed by atoms with E-state index in [4.69, 9.17) is 4.74 Å². The molecule has 1 heterocycles.